The lowest BCUT2D eigenvalue weighted by atomic mass is 10.1. The molecule has 2 aromatic carbocycles. The zero-order valence-corrected chi connectivity index (χ0v) is 20.0. The summed E-state index contributed by atoms with van der Waals surface area (Å²) in [5.41, 5.74) is 5.21. The number of carbonyl (C=O) groups is 2. The first-order valence-corrected chi connectivity index (χ1v) is 11.5. The first-order valence-electron chi connectivity index (χ1n) is 10.7. The number of aryl methyl sites for hydroxylation is 2. The molecule has 5 nitrogen and oxygen atoms in total. The standard InChI is InChI=1S/C26H24Cl2N2O3/c1-16-12-21(17(2)30(16)19-10-11-22(27)23(28)13-19)25(31)15-33-26(32)9-5-6-18-14-29-24-8-4-3-7-20(18)24/h3-4,7-8,10-14,29H,5-6,9,15H2,1-2H3. The van der Waals surface area contributed by atoms with E-state index in [1.54, 1.807) is 18.2 Å². The Bertz CT molecular complexity index is 1340. The van der Waals surface area contributed by atoms with Crippen LogP contribution in [-0.4, -0.2) is 27.9 Å². The summed E-state index contributed by atoms with van der Waals surface area (Å²) in [7, 11) is 0. The average molecular weight is 483 g/mol. The highest BCUT2D eigenvalue weighted by Crippen LogP contribution is 2.28. The maximum atomic E-state index is 12.8. The van der Waals surface area contributed by atoms with Gasteiger partial charge in [-0.2, -0.15) is 0 Å². The molecule has 2 heterocycles. The van der Waals surface area contributed by atoms with Crippen molar-refractivity contribution in [3.8, 4) is 5.69 Å². The first-order chi connectivity index (χ1) is 15.8. The van der Waals surface area contributed by atoms with Crippen molar-refractivity contribution in [2.45, 2.75) is 33.1 Å². The molecule has 0 saturated heterocycles. The number of hydrogen-bond acceptors (Lipinski definition) is 3. The maximum absolute atomic E-state index is 12.8. The fourth-order valence-electron chi connectivity index (χ4n) is 4.12. The Labute approximate surface area is 202 Å². The number of esters is 1. The third kappa shape index (κ3) is 5.00. The summed E-state index contributed by atoms with van der Waals surface area (Å²) in [5, 5.41) is 2.07. The van der Waals surface area contributed by atoms with Crippen molar-refractivity contribution in [1.29, 1.82) is 0 Å². The van der Waals surface area contributed by atoms with E-state index < -0.39 is 0 Å². The number of benzene rings is 2. The zero-order chi connectivity index (χ0) is 23.5. The van der Waals surface area contributed by atoms with E-state index in [1.165, 1.54) is 10.9 Å². The van der Waals surface area contributed by atoms with Crippen LogP contribution in [0.5, 0.6) is 0 Å². The predicted octanol–water partition coefficient (Wildman–Crippen LogP) is 6.63. The molecule has 7 heteroatoms. The van der Waals surface area contributed by atoms with Gasteiger partial charge in [-0.25, -0.2) is 0 Å². The molecule has 0 aliphatic carbocycles. The van der Waals surface area contributed by atoms with Crippen LogP contribution >= 0.6 is 23.2 Å². The van der Waals surface area contributed by atoms with Gasteiger partial charge in [0, 0.05) is 46.2 Å². The van der Waals surface area contributed by atoms with Crippen LogP contribution in [0.3, 0.4) is 0 Å². The van der Waals surface area contributed by atoms with Crippen molar-refractivity contribution in [2.24, 2.45) is 0 Å². The zero-order valence-electron chi connectivity index (χ0n) is 18.5. The molecule has 170 valence electrons. The van der Waals surface area contributed by atoms with Crippen molar-refractivity contribution >= 4 is 45.9 Å². The number of carbonyl (C=O) groups excluding carboxylic acids is 2. The molecule has 0 aliphatic rings. The second-order valence-corrected chi connectivity index (χ2v) is 8.83. The molecule has 0 radical (unpaired) electrons. The van der Waals surface area contributed by atoms with E-state index >= 15 is 0 Å². The minimum atomic E-state index is -0.374. The second-order valence-electron chi connectivity index (χ2n) is 8.02. The number of aromatic amines is 1. The number of para-hydroxylation sites is 1. The Morgan fingerprint density at radius 1 is 1.03 bits per heavy atom. The molecule has 4 aromatic rings. The van der Waals surface area contributed by atoms with E-state index in [1.807, 2.05) is 48.9 Å². The number of aromatic nitrogens is 2. The van der Waals surface area contributed by atoms with Crippen LogP contribution in [0.1, 0.15) is 40.2 Å². The van der Waals surface area contributed by atoms with Crippen LogP contribution < -0.4 is 0 Å². The number of ether oxygens (including phenoxy) is 1. The lowest BCUT2D eigenvalue weighted by Crippen LogP contribution is -2.15. The van der Waals surface area contributed by atoms with Crippen molar-refractivity contribution in [2.75, 3.05) is 6.61 Å². The Hall–Kier alpha value is -3.02. The van der Waals surface area contributed by atoms with Gasteiger partial charge in [0.05, 0.1) is 10.0 Å². The molecular weight excluding hydrogens is 459 g/mol. The summed E-state index contributed by atoms with van der Waals surface area (Å²) in [5.74, 6) is -0.610. The molecule has 33 heavy (non-hydrogen) atoms. The third-order valence-electron chi connectivity index (χ3n) is 5.76. The van der Waals surface area contributed by atoms with E-state index in [0.717, 1.165) is 29.0 Å². The lowest BCUT2D eigenvalue weighted by molar-refractivity contribution is -0.142. The highest BCUT2D eigenvalue weighted by atomic mass is 35.5. The molecule has 0 saturated carbocycles. The number of Topliss-reactive ketones (excluding diaryl/α,β-unsaturated/α-hetero) is 1. The molecule has 0 aliphatic heterocycles. The van der Waals surface area contributed by atoms with Gasteiger partial charge in [-0.15, -0.1) is 0 Å². The summed E-state index contributed by atoms with van der Waals surface area (Å²) < 4.78 is 7.19. The molecular formula is C26H24Cl2N2O3. The second kappa shape index (κ2) is 9.86. The lowest BCUT2D eigenvalue weighted by Gasteiger charge is -2.11. The third-order valence-corrected chi connectivity index (χ3v) is 6.50. The van der Waals surface area contributed by atoms with Gasteiger partial charge in [-0.1, -0.05) is 41.4 Å². The number of nitrogens with zero attached hydrogens (tertiary/aromatic N) is 1. The number of fused-ring (bicyclic) bond motifs is 1. The summed E-state index contributed by atoms with van der Waals surface area (Å²) >= 11 is 12.2. The van der Waals surface area contributed by atoms with E-state index in [9.17, 15) is 9.59 Å². The fourth-order valence-corrected chi connectivity index (χ4v) is 4.42. The Morgan fingerprint density at radius 3 is 2.61 bits per heavy atom. The first kappa shape index (κ1) is 23.1. The Kier molecular flexibility index (Phi) is 6.91. The van der Waals surface area contributed by atoms with Gasteiger partial charge in [-0.05, 0) is 62.6 Å². The Morgan fingerprint density at radius 2 is 1.82 bits per heavy atom. The van der Waals surface area contributed by atoms with Crippen molar-refractivity contribution in [3.63, 3.8) is 0 Å². The van der Waals surface area contributed by atoms with Gasteiger partial charge in [0.25, 0.3) is 0 Å². The summed E-state index contributed by atoms with van der Waals surface area (Å²) in [4.78, 5) is 28.2. The molecule has 4 rings (SSSR count). The number of halogens is 2. The van der Waals surface area contributed by atoms with Crippen LogP contribution in [0.15, 0.2) is 54.7 Å². The van der Waals surface area contributed by atoms with E-state index in [2.05, 4.69) is 11.1 Å². The maximum Gasteiger partial charge on any atom is 0.306 e. The molecule has 0 atom stereocenters. The van der Waals surface area contributed by atoms with E-state index in [-0.39, 0.29) is 24.8 Å². The number of nitrogens with one attached hydrogen (secondary N) is 1. The molecule has 1 N–H and O–H groups in total. The number of rotatable bonds is 8. The summed E-state index contributed by atoms with van der Waals surface area (Å²) in [6.45, 7) is 3.48. The monoisotopic (exact) mass is 482 g/mol. The average Bonchev–Trinajstić information content (AvgIpc) is 3.34. The largest absolute Gasteiger partial charge is 0.457 e. The minimum absolute atomic E-state index is 0.237. The minimum Gasteiger partial charge on any atom is -0.457 e. The van der Waals surface area contributed by atoms with Gasteiger partial charge < -0.3 is 14.3 Å². The molecule has 0 fully saturated rings. The number of ketones is 1. The van der Waals surface area contributed by atoms with Crippen LogP contribution in [-0.2, 0) is 16.0 Å². The SMILES string of the molecule is Cc1cc(C(=O)COC(=O)CCCc2c[nH]c3ccccc23)c(C)n1-c1ccc(Cl)c(Cl)c1. The highest BCUT2D eigenvalue weighted by Gasteiger charge is 2.18. The van der Waals surface area contributed by atoms with Gasteiger partial charge in [0.15, 0.2) is 6.61 Å². The smallest absolute Gasteiger partial charge is 0.306 e. The molecule has 0 bridgehead atoms. The van der Waals surface area contributed by atoms with Crippen molar-refractivity contribution in [3.05, 3.63) is 87.3 Å². The Balaban J connectivity index is 1.34. The molecule has 0 spiro atoms. The fraction of sp³-hybridized carbons (Fsp3) is 0.231. The van der Waals surface area contributed by atoms with Gasteiger partial charge in [0.2, 0.25) is 5.78 Å². The summed E-state index contributed by atoms with van der Waals surface area (Å²) in [6, 6.07) is 15.2. The van der Waals surface area contributed by atoms with Gasteiger partial charge in [0.1, 0.15) is 0 Å². The topological polar surface area (TPSA) is 64.1 Å². The van der Waals surface area contributed by atoms with Crippen LogP contribution in [0, 0.1) is 13.8 Å². The number of H-pyrrole nitrogens is 1. The quantitative estimate of drug-likeness (QED) is 0.226. The number of hydrogen-bond donors (Lipinski definition) is 1. The van der Waals surface area contributed by atoms with Crippen LogP contribution in [0.2, 0.25) is 10.0 Å². The van der Waals surface area contributed by atoms with Gasteiger partial charge >= 0.3 is 5.97 Å². The normalized spacial score (nSPS) is 11.2. The highest BCUT2D eigenvalue weighted by molar-refractivity contribution is 6.42. The molecule has 2 aromatic heterocycles. The molecule has 0 unspecified atom stereocenters. The van der Waals surface area contributed by atoms with E-state index in [0.29, 0.717) is 22.0 Å². The van der Waals surface area contributed by atoms with E-state index in [4.69, 9.17) is 27.9 Å². The van der Waals surface area contributed by atoms with Crippen LogP contribution in [0.4, 0.5) is 0 Å². The summed E-state index contributed by atoms with van der Waals surface area (Å²) in [6.07, 6.45) is 3.65. The predicted molar refractivity (Wildman–Crippen MR) is 132 cm³/mol. The van der Waals surface area contributed by atoms with Gasteiger partial charge in [-0.3, -0.25) is 9.59 Å². The van der Waals surface area contributed by atoms with Crippen LogP contribution in [0.25, 0.3) is 16.6 Å². The van der Waals surface area contributed by atoms with Crippen molar-refractivity contribution in [1.82, 2.24) is 9.55 Å². The van der Waals surface area contributed by atoms with Crippen molar-refractivity contribution < 1.29 is 14.3 Å². The molecule has 0 amide bonds.